The third-order valence-corrected chi connectivity index (χ3v) is 7.47. The first kappa shape index (κ1) is 26.9. The molecule has 3 aromatic carbocycles. The molecule has 1 aromatic heterocycles. The largest absolute Gasteiger partial charge is 0.468 e. The molecule has 0 radical (unpaired) electrons. The van der Waals surface area contributed by atoms with Crippen LogP contribution in [0.2, 0.25) is 5.02 Å². The van der Waals surface area contributed by atoms with Crippen molar-refractivity contribution in [1.29, 1.82) is 0 Å². The zero-order chi connectivity index (χ0) is 27.9. The highest BCUT2D eigenvalue weighted by molar-refractivity contribution is 6.35. The van der Waals surface area contributed by atoms with Crippen LogP contribution in [-0.2, 0) is 4.74 Å². The Labute approximate surface area is 230 Å². The number of anilines is 1. The summed E-state index contributed by atoms with van der Waals surface area (Å²) in [5.41, 5.74) is 0.620. The summed E-state index contributed by atoms with van der Waals surface area (Å²) < 4.78 is 27.1. The van der Waals surface area contributed by atoms with Crippen LogP contribution in [-0.4, -0.2) is 65.6 Å². The van der Waals surface area contributed by atoms with Gasteiger partial charge in [0.15, 0.2) is 12.6 Å². The van der Waals surface area contributed by atoms with E-state index in [1.54, 1.807) is 12.1 Å². The zero-order valence-electron chi connectivity index (χ0n) is 22.2. The van der Waals surface area contributed by atoms with Gasteiger partial charge in [-0.2, -0.15) is 0 Å². The number of halogens is 2. The number of carbonyl (C=O) groups is 1. The summed E-state index contributed by atoms with van der Waals surface area (Å²) in [5, 5.41) is 12.1. The van der Waals surface area contributed by atoms with Crippen LogP contribution in [0.5, 0.6) is 5.75 Å². The lowest BCUT2D eigenvalue weighted by atomic mass is 9.84. The molecule has 1 N–H and O–H groups in total. The van der Waals surface area contributed by atoms with Crippen LogP contribution in [0, 0.1) is 11.2 Å². The summed E-state index contributed by atoms with van der Waals surface area (Å²) in [6, 6.07) is 12.6. The molecule has 1 aliphatic heterocycles. The van der Waals surface area contributed by atoms with E-state index in [1.165, 1.54) is 18.3 Å². The lowest BCUT2D eigenvalue weighted by molar-refractivity contribution is 0.0512. The van der Waals surface area contributed by atoms with Gasteiger partial charge in [0, 0.05) is 37.7 Å². The lowest BCUT2D eigenvalue weighted by Gasteiger charge is -2.46. The average molecular weight is 553 g/mol. The van der Waals surface area contributed by atoms with Crippen molar-refractivity contribution in [3.63, 3.8) is 0 Å². The summed E-state index contributed by atoms with van der Waals surface area (Å²) in [5.74, 6) is 0.481. The number of ether oxygens (including phenoxy) is 2. The molecule has 8 nitrogen and oxygen atoms in total. The Hall–Kier alpha value is -3.69. The van der Waals surface area contributed by atoms with E-state index in [4.69, 9.17) is 21.1 Å². The van der Waals surface area contributed by atoms with E-state index in [2.05, 4.69) is 9.97 Å². The smallest absolute Gasteiger partial charge is 0.407 e. The maximum atomic E-state index is 16.4. The Morgan fingerprint density at radius 2 is 1.92 bits per heavy atom. The molecule has 1 saturated heterocycles. The van der Waals surface area contributed by atoms with Crippen LogP contribution >= 0.6 is 11.6 Å². The van der Waals surface area contributed by atoms with Crippen molar-refractivity contribution in [2.24, 2.45) is 5.41 Å². The van der Waals surface area contributed by atoms with Gasteiger partial charge in [-0.05, 0) is 39.9 Å². The van der Waals surface area contributed by atoms with E-state index in [9.17, 15) is 9.90 Å². The molecule has 5 rings (SSSR count). The number of carboxylic acid groups (broad SMARTS) is 1. The molecular weight excluding hydrogens is 523 g/mol. The first-order chi connectivity index (χ1) is 18.6. The molecular formula is C29H30ClFN4O4. The number of methoxy groups -OCH3 is 1. The van der Waals surface area contributed by atoms with E-state index in [-0.39, 0.29) is 34.4 Å². The molecule has 1 atom stereocenters. The summed E-state index contributed by atoms with van der Waals surface area (Å²) in [6.07, 6.45) is 0.384. The van der Waals surface area contributed by atoms with Gasteiger partial charge < -0.3 is 24.4 Å². The first-order valence-electron chi connectivity index (χ1n) is 12.6. The van der Waals surface area contributed by atoms with Gasteiger partial charge >= 0.3 is 6.09 Å². The fraction of sp³-hybridized carbons (Fsp3) is 0.345. The van der Waals surface area contributed by atoms with Crippen molar-refractivity contribution in [2.45, 2.75) is 26.8 Å². The van der Waals surface area contributed by atoms with E-state index in [1.807, 2.05) is 56.0 Å². The van der Waals surface area contributed by atoms with Gasteiger partial charge in [-0.3, -0.25) is 0 Å². The Bertz CT molecular complexity index is 1560. The first-order valence-corrected chi connectivity index (χ1v) is 13.0. The summed E-state index contributed by atoms with van der Waals surface area (Å²) in [6.45, 7) is 7.19. The molecule has 0 spiro atoms. The Morgan fingerprint density at radius 1 is 1.15 bits per heavy atom. The zero-order valence-corrected chi connectivity index (χ0v) is 23.0. The number of hydrogen-bond acceptors (Lipinski definition) is 6. The maximum Gasteiger partial charge on any atom is 0.407 e. The molecule has 39 heavy (non-hydrogen) atoms. The summed E-state index contributed by atoms with van der Waals surface area (Å²) in [7, 11) is 1.53. The second kappa shape index (κ2) is 10.5. The monoisotopic (exact) mass is 552 g/mol. The number of benzene rings is 3. The van der Waals surface area contributed by atoms with Gasteiger partial charge in [-0.1, -0.05) is 56.6 Å². The molecule has 0 aliphatic carbocycles. The topological polar surface area (TPSA) is 88.0 Å². The summed E-state index contributed by atoms with van der Waals surface area (Å²) >= 11 is 6.81. The summed E-state index contributed by atoms with van der Waals surface area (Å²) in [4.78, 5) is 24.1. The molecule has 4 aromatic rings. The number of hydrogen-bond donors (Lipinski definition) is 1. The molecule has 1 unspecified atom stereocenters. The number of nitrogens with zero attached hydrogens (tertiary/aromatic N) is 4. The van der Waals surface area contributed by atoms with Crippen molar-refractivity contribution in [3.8, 4) is 16.9 Å². The highest BCUT2D eigenvalue weighted by Gasteiger charge is 2.39. The van der Waals surface area contributed by atoms with E-state index in [0.29, 0.717) is 42.2 Å². The quantitative estimate of drug-likeness (QED) is 0.285. The highest BCUT2D eigenvalue weighted by Crippen LogP contribution is 2.42. The Balaban J connectivity index is 1.64. The third kappa shape index (κ3) is 5.04. The standard InChI is InChI=1S/C29H30ClFN4O4/c1-29(2,3)23-14-34(9-10-35(23)28(36)37)27-21-13-22(30)24(25(31)26(21)32-15-33-27)20-12-18(39-16-38-4)11-17-7-5-6-8-19(17)20/h5-8,11-13,15,23H,9-10,14,16H2,1-4H3,(H,36,37). The molecule has 2 heterocycles. The molecule has 0 saturated carbocycles. The minimum absolute atomic E-state index is 0.0486. The fourth-order valence-electron chi connectivity index (χ4n) is 5.26. The Kier molecular flexibility index (Phi) is 7.22. The highest BCUT2D eigenvalue weighted by atomic mass is 35.5. The van der Waals surface area contributed by atoms with Gasteiger partial charge in [0.05, 0.1) is 11.1 Å². The molecule has 0 bridgehead atoms. The van der Waals surface area contributed by atoms with Gasteiger partial charge in [0.1, 0.15) is 23.4 Å². The number of amides is 1. The minimum atomic E-state index is -0.954. The van der Waals surface area contributed by atoms with Gasteiger partial charge in [-0.15, -0.1) is 0 Å². The van der Waals surface area contributed by atoms with E-state index < -0.39 is 11.9 Å². The van der Waals surface area contributed by atoms with Crippen molar-refractivity contribution in [2.75, 3.05) is 38.4 Å². The van der Waals surface area contributed by atoms with Crippen LogP contribution in [0.4, 0.5) is 15.0 Å². The second-order valence-electron chi connectivity index (χ2n) is 10.7. The van der Waals surface area contributed by atoms with Gasteiger partial charge in [0.25, 0.3) is 0 Å². The van der Waals surface area contributed by atoms with Gasteiger partial charge in [0.2, 0.25) is 0 Å². The predicted octanol–water partition coefficient (Wildman–Crippen LogP) is 6.44. The molecule has 204 valence electrons. The minimum Gasteiger partial charge on any atom is -0.468 e. The number of fused-ring (bicyclic) bond motifs is 2. The van der Waals surface area contributed by atoms with Crippen molar-refractivity contribution < 1.29 is 23.8 Å². The maximum absolute atomic E-state index is 16.4. The SMILES string of the molecule is COCOc1cc(-c2c(Cl)cc3c(N4CCN(C(=O)O)C(C(C)(C)C)C4)ncnc3c2F)c2ccccc2c1. The Morgan fingerprint density at radius 3 is 2.64 bits per heavy atom. The van der Waals surface area contributed by atoms with Gasteiger partial charge in [-0.25, -0.2) is 19.2 Å². The normalized spacial score (nSPS) is 16.2. The van der Waals surface area contributed by atoms with E-state index in [0.717, 1.165) is 10.8 Å². The number of piperazine rings is 1. The number of rotatable bonds is 5. The number of aromatic nitrogens is 2. The van der Waals surface area contributed by atoms with E-state index >= 15 is 4.39 Å². The molecule has 1 aliphatic rings. The van der Waals surface area contributed by atoms with Crippen LogP contribution in [0.15, 0.2) is 48.8 Å². The van der Waals surface area contributed by atoms with Crippen LogP contribution in [0.1, 0.15) is 20.8 Å². The van der Waals surface area contributed by atoms with Crippen LogP contribution in [0.25, 0.3) is 32.8 Å². The predicted molar refractivity (Wildman–Crippen MR) is 150 cm³/mol. The molecule has 1 fully saturated rings. The molecule has 1 amide bonds. The lowest BCUT2D eigenvalue weighted by Crippen LogP contribution is -2.59. The van der Waals surface area contributed by atoms with Crippen LogP contribution in [0.3, 0.4) is 0 Å². The second-order valence-corrected chi connectivity index (χ2v) is 11.1. The van der Waals surface area contributed by atoms with Crippen molar-refractivity contribution >= 4 is 45.2 Å². The van der Waals surface area contributed by atoms with Crippen molar-refractivity contribution in [3.05, 3.63) is 59.6 Å². The van der Waals surface area contributed by atoms with Crippen LogP contribution < -0.4 is 9.64 Å². The third-order valence-electron chi connectivity index (χ3n) is 7.17. The van der Waals surface area contributed by atoms with Crippen molar-refractivity contribution in [1.82, 2.24) is 14.9 Å². The molecule has 10 heteroatoms. The average Bonchev–Trinajstić information content (AvgIpc) is 2.90. The fourth-order valence-corrected chi connectivity index (χ4v) is 5.55.